The lowest BCUT2D eigenvalue weighted by Crippen LogP contribution is -2.33. The van der Waals surface area contributed by atoms with Crippen molar-refractivity contribution in [1.29, 1.82) is 10.5 Å². The third kappa shape index (κ3) is 7.44. The van der Waals surface area contributed by atoms with Gasteiger partial charge < -0.3 is 9.47 Å². The smallest absolute Gasteiger partial charge is 0.213 e. The van der Waals surface area contributed by atoms with Crippen LogP contribution in [0.15, 0.2) is 10.2 Å². The summed E-state index contributed by atoms with van der Waals surface area (Å²) in [6.45, 7) is 3.34. The van der Waals surface area contributed by atoms with E-state index in [4.69, 9.17) is 9.47 Å². The van der Waals surface area contributed by atoms with Crippen LogP contribution in [0.1, 0.15) is 26.7 Å². The Morgan fingerprint density at radius 2 is 1.09 bits per heavy atom. The van der Waals surface area contributed by atoms with Crippen LogP contribution in [0, 0.1) is 22.7 Å². The van der Waals surface area contributed by atoms with Gasteiger partial charge in [-0.1, -0.05) is 0 Å². The van der Waals surface area contributed by atoms with E-state index in [1.807, 2.05) is 12.1 Å². The van der Waals surface area contributed by atoms with Crippen molar-refractivity contribution >= 4 is 50.5 Å². The number of methoxy groups -OCH3 is 2. The van der Waals surface area contributed by atoms with Gasteiger partial charge in [0.25, 0.3) is 0 Å². The predicted octanol–water partition coefficient (Wildman–Crippen LogP) is 3.10. The average Bonchev–Trinajstić information content (AvgIpc) is 2.44. The molecule has 0 aromatic rings. The van der Waals surface area contributed by atoms with Gasteiger partial charge in [0.2, 0.25) is 9.74 Å². The summed E-state index contributed by atoms with van der Waals surface area (Å²) in [6, 6.07) is 3.85. The van der Waals surface area contributed by atoms with E-state index in [9.17, 15) is 10.5 Å². The topological polar surface area (TPSA) is 90.8 Å². The minimum atomic E-state index is -1.50. The first-order chi connectivity index (χ1) is 9.86. The molecule has 0 fully saturated rings. The largest absolute Gasteiger partial charge is 0.368 e. The molecule has 0 amide bonds. The number of nitriles is 2. The lowest BCUT2D eigenvalue weighted by Gasteiger charge is -2.29. The number of hydrogen-bond acceptors (Lipinski definition) is 10. The maximum atomic E-state index is 9.28. The summed E-state index contributed by atoms with van der Waals surface area (Å²) in [7, 11) is 2.91. The molecular formula is C12H20N4O2S4. The Balaban J connectivity index is 5.33. The zero-order valence-corrected chi connectivity index (χ0v) is 16.4. The van der Waals surface area contributed by atoms with Crippen LogP contribution in [-0.2, 0) is 9.47 Å². The monoisotopic (exact) mass is 380 g/mol. The van der Waals surface area contributed by atoms with Gasteiger partial charge in [-0.15, -0.1) is 50.5 Å². The van der Waals surface area contributed by atoms with E-state index in [0.717, 1.165) is 0 Å². The Morgan fingerprint density at radius 1 is 0.818 bits per heavy atom. The van der Waals surface area contributed by atoms with Crippen molar-refractivity contribution in [2.24, 2.45) is 10.2 Å². The first-order valence-electron chi connectivity index (χ1n) is 6.13. The zero-order valence-electron chi connectivity index (χ0n) is 12.8. The summed E-state index contributed by atoms with van der Waals surface area (Å²) < 4.78 is 10.3. The van der Waals surface area contributed by atoms with Crippen molar-refractivity contribution in [1.82, 2.24) is 0 Å². The molecular weight excluding hydrogens is 360 g/mol. The van der Waals surface area contributed by atoms with Crippen LogP contribution in [-0.4, -0.2) is 33.8 Å². The van der Waals surface area contributed by atoms with Gasteiger partial charge in [-0.05, 0) is 13.8 Å². The van der Waals surface area contributed by atoms with Gasteiger partial charge in [0.1, 0.15) is 22.0 Å². The molecule has 0 aliphatic carbocycles. The molecule has 22 heavy (non-hydrogen) atoms. The third-order valence-electron chi connectivity index (χ3n) is 2.77. The first-order valence-corrected chi connectivity index (χ1v) is 7.92. The highest BCUT2D eigenvalue weighted by Gasteiger charge is 2.38. The van der Waals surface area contributed by atoms with Crippen molar-refractivity contribution in [2.45, 2.75) is 46.3 Å². The summed E-state index contributed by atoms with van der Waals surface area (Å²) in [6.07, 6.45) is 0.112. The summed E-state index contributed by atoms with van der Waals surface area (Å²) >= 11 is 16.9. The van der Waals surface area contributed by atoms with Gasteiger partial charge >= 0.3 is 0 Å². The van der Waals surface area contributed by atoms with E-state index < -0.39 is 19.6 Å². The van der Waals surface area contributed by atoms with Gasteiger partial charge in [-0.3, -0.25) is 0 Å². The van der Waals surface area contributed by atoms with Crippen molar-refractivity contribution in [2.75, 3.05) is 14.2 Å². The molecule has 0 rings (SSSR count). The van der Waals surface area contributed by atoms with E-state index in [-0.39, 0.29) is 12.8 Å². The molecule has 0 aliphatic rings. The molecule has 0 heterocycles. The molecule has 0 saturated heterocycles. The molecule has 4 unspecified atom stereocenters. The molecule has 0 aromatic carbocycles. The van der Waals surface area contributed by atoms with Crippen LogP contribution >= 0.6 is 50.5 Å². The summed E-state index contributed by atoms with van der Waals surface area (Å²) in [4.78, 5) is -4.85. The predicted molar refractivity (Wildman–Crippen MR) is 97.6 cm³/mol. The maximum Gasteiger partial charge on any atom is 0.213 e. The second-order valence-corrected chi connectivity index (χ2v) is 8.54. The van der Waals surface area contributed by atoms with E-state index >= 15 is 0 Å². The Hall–Kier alpha value is -0.100. The molecule has 6 nitrogen and oxygen atoms in total. The second kappa shape index (κ2) is 8.13. The van der Waals surface area contributed by atoms with Crippen molar-refractivity contribution in [3.8, 4) is 12.1 Å². The van der Waals surface area contributed by atoms with Crippen LogP contribution < -0.4 is 0 Å². The summed E-state index contributed by atoms with van der Waals surface area (Å²) in [5, 5.41) is 26.3. The molecule has 4 atom stereocenters. The normalized spacial score (nSPS) is 22.6. The average molecular weight is 381 g/mol. The van der Waals surface area contributed by atoms with Gasteiger partial charge in [-0.2, -0.15) is 20.8 Å². The molecule has 0 aliphatic heterocycles. The van der Waals surface area contributed by atoms with Crippen LogP contribution in [0.25, 0.3) is 0 Å². The number of hydrogen-bond donors (Lipinski definition) is 4. The maximum absolute atomic E-state index is 9.28. The van der Waals surface area contributed by atoms with Crippen LogP contribution in [0.4, 0.5) is 0 Å². The number of rotatable bonds is 8. The lowest BCUT2D eigenvalue weighted by atomic mass is 10.1. The zero-order chi connectivity index (χ0) is 17.7. The van der Waals surface area contributed by atoms with E-state index in [0.29, 0.717) is 0 Å². The quantitative estimate of drug-likeness (QED) is 0.296. The van der Waals surface area contributed by atoms with Gasteiger partial charge in [-0.25, -0.2) is 0 Å². The Kier molecular flexibility index (Phi) is 8.10. The van der Waals surface area contributed by atoms with E-state index in [1.165, 1.54) is 14.2 Å². The number of ether oxygens (including phenoxy) is 2. The lowest BCUT2D eigenvalue weighted by molar-refractivity contribution is 0.0735. The Bertz CT molecular complexity index is 456. The summed E-state index contributed by atoms with van der Waals surface area (Å²) in [5.74, 6) is 0. The fraction of sp³-hybridized carbons (Fsp3) is 0.833. The second-order valence-electron chi connectivity index (χ2n) is 5.17. The van der Waals surface area contributed by atoms with Crippen molar-refractivity contribution in [3.63, 3.8) is 0 Å². The molecule has 0 aromatic heterocycles. The molecule has 10 heteroatoms. The number of nitrogens with zero attached hydrogens (tertiary/aromatic N) is 4. The summed E-state index contributed by atoms with van der Waals surface area (Å²) in [5.41, 5.74) is 0. The number of thiol groups is 4. The van der Waals surface area contributed by atoms with Crippen molar-refractivity contribution in [3.05, 3.63) is 0 Å². The highest BCUT2D eigenvalue weighted by molar-refractivity contribution is 7.83. The van der Waals surface area contributed by atoms with E-state index in [1.54, 1.807) is 13.8 Å². The fourth-order valence-electron chi connectivity index (χ4n) is 1.42. The molecule has 0 bridgehead atoms. The van der Waals surface area contributed by atoms with Gasteiger partial charge in [0, 0.05) is 27.1 Å². The standard InChI is InChI=1S/C12H20N4O2S4/c1-9(19,17-3)5-11(21,7-13)15-16-12(22,8-14)6-10(2,20)18-4/h19-22H,5-6H2,1-4H3. The molecule has 0 radical (unpaired) electrons. The van der Waals surface area contributed by atoms with Crippen LogP contribution in [0.2, 0.25) is 0 Å². The minimum absolute atomic E-state index is 0.0560. The van der Waals surface area contributed by atoms with Gasteiger partial charge in [0.15, 0.2) is 0 Å². The molecule has 0 N–H and O–H groups in total. The highest BCUT2D eigenvalue weighted by Crippen LogP contribution is 2.36. The third-order valence-corrected chi connectivity index (χ3v) is 4.14. The van der Waals surface area contributed by atoms with Crippen LogP contribution in [0.3, 0.4) is 0 Å². The van der Waals surface area contributed by atoms with E-state index in [2.05, 4.69) is 60.7 Å². The van der Waals surface area contributed by atoms with Gasteiger partial charge in [0.05, 0.1) is 0 Å². The molecule has 0 spiro atoms. The number of azo groups is 1. The fourth-order valence-corrected chi connectivity index (χ4v) is 2.82. The SMILES string of the molecule is COC(C)(S)CC(S)(C#N)N=NC(S)(C#N)CC(C)(S)OC. The Labute approximate surface area is 153 Å². The minimum Gasteiger partial charge on any atom is -0.368 e. The van der Waals surface area contributed by atoms with Crippen LogP contribution in [0.5, 0.6) is 0 Å². The molecule has 0 saturated carbocycles. The highest BCUT2D eigenvalue weighted by atomic mass is 32.1. The molecule has 124 valence electrons. The van der Waals surface area contributed by atoms with Crippen molar-refractivity contribution < 1.29 is 9.47 Å². The first kappa shape index (κ1) is 21.9. The Morgan fingerprint density at radius 3 is 1.27 bits per heavy atom.